The van der Waals surface area contributed by atoms with Crippen LogP contribution < -0.4 is 11.3 Å². The Hall–Kier alpha value is -1.38. The molecule has 0 saturated heterocycles. The molecule has 0 aliphatic carbocycles. The van der Waals surface area contributed by atoms with Crippen LogP contribution in [0.1, 0.15) is 21.9 Å². The van der Waals surface area contributed by atoms with Crippen LogP contribution >= 0.6 is 23.1 Å². The number of thioether (sulfide) groups is 1. The highest BCUT2D eigenvalue weighted by atomic mass is 32.2. The number of aryl methyl sites for hydroxylation is 1. The van der Waals surface area contributed by atoms with Gasteiger partial charge in [-0.2, -0.15) is 0 Å². The van der Waals surface area contributed by atoms with Crippen LogP contribution in [0.5, 0.6) is 0 Å². The smallest absolute Gasteiger partial charge is 0.268 e. The number of nitrogens with two attached hydrogens (primary N) is 1. The minimum Gasteiger partial charge on any atom is -0.465 e. The number of hydrogen-bond acceptors (Lipinski definition) is 7. The average molecular weight is 270 g/mol. The van der Waals surface area contributed by atoms with Crippen molar-refractivity contribution in [1.29, 1.82) is 0 Å². The molecule has 90 valence electrons. The number of amides is 1. The third-order valence-corrected chi connectivity index (χ3v) is 3.91. The maximum atomic E-state index is 11.4. The molecule has 0 aromatic carbocycles. The molecule has 0 spiro atoms. The Bertz CT molecular complexity index is 509. The third-order valence-electron chi connectivity index (χ3n) is 2.02. The zero-order valence-electron chi connectivity index (χ0n) is 8.97. The predicted molar refractivity (Wildman–Crippen MR) is 64.6 cm³/mol. The largest absolute Gasteiger partial charge is 0.465 e. The first-order valence-corrected chi connectivity index (χ1v) is 6.56. The lowest BCUT2D eigenvalue weighted by Crippen LogP contribution is -2.30. The molecule has 0 saturated carbocycles. The van der Waals surface area contributed by atoms with E-state index in [2.05, 4.69) is 15.6 Å². The zero-order valence-corrected chi connectivity index (χ0v) is 10.6. The summed E-state index contributed by atoms with van der Waals surface area (Å²) in [7, 11) is 0. The normalized spacial score (nSPS) is 10.5. The van der Waals surface area contributed by atoms with Gasteiger partial charge in [0.25, 0.3) is 5.91 Å². The van der Waals surface area contributed by atoms with Crippen molar-refractivity contribution < 1.29 is 9.21 Å². The number of nitrogens with zero attached hydrogens (tertiary/aromatic N) is 2. The summed E-state index contributed by atoms with van der Waals surface area (Å²) in [4.78, 5) is 11.4. The van der Waals surface area contributed by atoms with Gasteiger partial charge >= 0.3 is 0 Å². The molecular weight excluding hydrogens is 260 g/mol. The van der Waals surface area contributed by atoms with Gasteiger partial charge in [-0.3, -0.25) is 10.2 Å². The summed E-state index contributed by atoms with van der Waals surface area (Å²) < 4.78 is 6.32. The van der Waals surface area contributed by atoms with Gasteiger partial charge in [-0.05, 0) is 13.0 Å². The summed E-state index contributed by atoms with van der Waals surface area (Å²) in [6.07, 6.45) is 0. The van der Waals surface area contributed by atoms with Crippen LogP contribution in [0.3, 0.4) is 0 Å². The van der Waals surface area contributed by atoms with Crippen molar-refractivity contribution in [3.8, 4) is 0 Å². The first kappa shape index (κ1) is 12.1. The molecule has 0 radical (unpaired) electrons. The second-order valence-corrected chi connectivity index (χ2v) is 5.21. The van der Waals surface area contributed by atoms with Crippen molar-refractivity contribution in [3.63, 3.8) is 0 Å². The maximum Gasteiger partial charge on any atom is 0.268 e. The van der Waals surface area contributed by atoms with E-state index in [9.17, 15) is 4.79 Å². The minimum atomic E-state index is -0.349. The van der Waals surface area contributed by atoms with Crippen LogP contribution in [-0.2, 0) is 5.75 Å². The van der Waals surface area contributed by atoms with Crippen LogP contribution in [0, 0.1) is 6.92 Å². The Labute approximate surface area is 106 Å². The molecule has 0 bridgehead atoms. The Morgan fingerprint density at radius 2 is 2.53 bits per heavy atom. The monoisotopic (exact) mass is 270 g/mol. The van der Waals surface area contributed by atoms with E-state index in [1.54, 1.807) is 18.5 Å². The number of nitrogen functional groups attached to an aromatic ring is 1. The molecule has 17 heavy (non-hydrogen) atoms. The highest BCUT2D eigenvalue weighted by Gasteiger charge is 2.14. The summed E-state index contributed by atoms with van der Waals surface area (Å²) >= 11 is 2.97. The van der Waals surface area contributed by atoms with Crippen molar-refractivity contribution >= 4 is 29.0 Å². The lowest BCUT2D eigenvalue weighted by Gasteiger charge is -1.93. The number of hydrogen-bond donors (Lipinski definition) is 2. The van der Waals surface area contributed by atoms with E-state index in [1.807, 2.05) is 0 Å². The first-order valence-electron chi connectivity index (χ1n) is 4.70. The van der Waals surface area contributed by atoms with E-state index in [4.69, 9.17) is 10.3 Å². The average Bonchev–Trinajstić information content (AvgIpc) is 2.94. The van der Waals surface area contributed by atoms with Crippen molar-refractivity contribution in [3.05, 3.63) is 28.7 Å². The van der Waals surface area contributed by atoms with Gasteiger partial charge in [0.15, 0.2) is 4.34 Å². The van der Waals surface area contributed by atoms with E-state index in [-0.39, 0.29) is 5.91 Å². The maximum absolute atomic E-state index is 11.4. The number of hydrazine groups is 1. The van der Waals surface area contributed by atoms with Gasteiger partial charge in [0, 0.05) is 0 Å². The van der Waals surface area contributed by atoms with Gasteiger partial charge < -0.3 is 4.42 Å². The molecule has 0 atom stereocenters. The lowest BCUT2D eigenvalue weighted by molar-refractivity contribution is 0.0952. The molecule has 2 aromatic heterocycles. The SMILES string of the molecule is Cc1oc(CSc2nncs2)cc1C(=O)NN. The second-order valence-electron chi connectivity index (χ2n) is 3.15. The molecule has 0 aliphatic rings. The highest BCUT2D eigenvalue weighted by Crippen LogP contribution is 2.25. The topological polar surface area (TPSA) is 94.0 Å². The van der Waals surface area contributed by atoms with Crippen LogP contribution in [-0.4, -0.2) is 16.1 Å². The molecule has 0 fully saturated rings. The molecule has 2 aromatic rings. The molecule has 1 amide bonds. The standard InChI is InChI=1S/C9H10N4O2S2/c1-5-7(8(14)12-10)2-6(15-5)3-16-9-13-11-4-17-9/h2,4H,3,10H2,1H3,(H,12,14). The Kier molecular flexibility index (Phi) is 3.77. The summed E-state index contributed by atoms with van der Waals surface area (Å²) in [5.41, 5.74) is 4.21. The predicted octanol–water partition coefficient (Wildman–Crippen LogP) is 1.34. The van der Waals surface area contributed by atoms with Crippen molar-refractivity contribution in [1.82, 2.24) is 15.6 Å². The summed E-state index contributed by atoms with van der Waals surface area (Å²) in [6.45, 7) is 1.73. The molecule has 2 rings (SSSR count). The number of carbonyl (C=O) groups excluding carboxylic acids is 1. The molecular formula is C9H10N4O2S2. The Morgan fingerprint density at radius 3 is 3.18 bits per heavy atom. The number of furan rings is 1. The summed E-state index contributed by atoms with van der Waals surface area (Å²) in [5, 5.41) is 7.64. The minimum absolute atomic E-state index is 0.349. The van der Waals surface area contributed by atoms with E-state index in [0.29, 0.717) is 22.8 Å². The van der Waals surface area contributed by atoms with Gasteiger partial charge in [-0.1, -0.05) is 23.1 Å². The lowest BCUT2D eigenvalue weighted by atomic mass is 10.2. The molecule has 6 nitrogen and oxygen atoms in total. The number of rotatable bonds is 4. The molecule has 3 N–H and O–H groups in total. The van der Waals surface area contributed by atoms with Crippen molar-refractivity contribution in [2.75, 3.05) is 0 Å². The van der Waals surface area contributed by atoms with Crippen LogP contribution in [0.25, 0.3) is 0 Å². The van der Waals surface area contributed by atoms with Gasteiger partial charge in [0.05, 0.1) is 11.3 Å². The van der Waals surface area contributed by atoms with Crippen molar-refractivity contribution in [2.45, 2.75) is 17.0 Å². The zero-order chi connectivity index (χ0) is 12.3. The third kappa shape index (κ3) is 2.84. The van der Waals surface area contributed by atoms with Gasteiger partial charge in [0.1, 0.15) is 17.0 Å². The Balaban J connectivity index is 2.05. The fraction of sp³-hybridized carbons (Fsp3) is 0.222. The summed E-state index contributed by atoms with van der Waals surface area (Å²) in [5.74, 6) is 6.59. The van der Waals surface area contributed by atoms with Crippen LogP contribution in [0.4, 0.5) is 0 Å². The number of nitrogens with one attached hydrogen (secondary N) is 1. The van der Waals surface area contributed by atoms with E-state index in [0.717, 1.165) is 4.34 Å². The fourth-order valence-corrected chi connectivity index (χ4v) is 2.65. The van der Waals surface area contributed by atoms with Crippen LogP contribution in [0.2, 0.25) is 0 Å². The molecule has 2 heterocycles. The van der Waals surface area contributed by atoms with Crippen LogP contribution in [0.15, 0.2) is 20.3 Å². The molecule has 0 unspecified atom stereocenters. The molecule has 0 aliphatic heterocycles. The second kappa shape index (κ2) is 5.30. The van der Waals surface area contributed by atoms with Gasteiger partial charge in [-0.15, -0.1) is 10.2 Å². The van der Waals surface area contributed by atoms with Gasteiger partial charge in [-0.25, -0.2) is 5.84 Å². The molecule has 8 heteroatoms. The first-order chi connectivity index (χ1) is 8.20. The quantitative estimate of drug-likeness (QED) is 0.377. The van der Waals surface area contributed by atoms with E-state index in [1.165, 1.54) is 23.1 Å². The fourth-order valence-electron chi connectivity index (χ4n) is 1.28. The van der Waals surface area contributed by atoms with Gasteiger partial charge in [0.2, 0.25) is 0 Å². The van der Waals surface area contributed by atoms with E-state index >= 15 is 0 Å². The highest BCUT2D eigenvalue weighted by molar-refractivity contribution is 8.00. The Morgan fingerprint density at radius 1 is 1.71 bits per heavy atom. The summed E-state index contributed by atoms with van der Waals surface area (Å²) in [6, 6.07) is 1.69. The number of carbonyl (C=O) groups is 1. The van der Waals surface area contributed by atoms with E-state index < -0.39 is 0 Å². The van der Waals surface area contributed by atoms with Crippen molar-refractivity contribution in [2.24, 2.45) is 5.84 Å². The number of aromatic nitrogens is 2.